The second-order valence-electron chi connectivity index (χ2n) is 4.36. The highest BCUT2D eigenvalue weighted by Crippen LogP contribution is 2.21. The molecule has 0 fully saturated rings. The quantitative estimate of drug-likeness (QED) is 0.785. The van der Waals surface area contributed by atoms with Crippen molar-refractivity contribution in [1.82, 2.24) is 4.98 Å². The molecule has 104 valence electrons. The lowest BCUT2D eigenvalue weighted by atomic mass is 10.0. The Kier molecular flexibility index (Phi) is 4.71. The van der Waals surface area contributed by atoms with Gasteiger partial charge in [-0.05, 0) is 23.6 Å². The number of carbonyl (C=O) groups is 1. The molecule has 0 N–H and O–H groups in total. The smallest absolute Gasteiger partial charge is 0.305 e. The first kappa shape index (κ1) is 14.1. The maximum absolute atomic E-state index is 11.1. The number of rotatable bonds is 5. The van der Waals surface area contributed by atoms with Crippen molar-refractivity contribution in [1.29, 1.82) is 0 Å². The lowest BCUT2D eigenvalue weighted by Crippen LogP contribution is -2.01. The van der Waals surface area contributed by atoms with E-state index in [-0.39, 0.29) is 5.97 Å². The summed E-state index contributed by atoms with van der Waals surface area (Å²) < 4.78 is 9.66. The van der Waals surface area contributed by atoms with Gasteiger partial charge in [-0.1, -0.05) is 24.3 Å². The highest BCUT2D eigenvalue weighted by atomic mass is 16.5. The van der Waals surface area contributed by atoms with E-state index in [1.807, 2.05) is 36.4 Å². The molecule has 0 aliphatic rings. The van der Waals surface area contributed by atoms with Gasteiger partial charge in [-0.3, -0.25) is 4.79 Å². The highest BCUT2D eigenvalue weighted by Gasteiger charge is 2.03. The Morgan fingerprint density at radius 3 is 2.30 bits per heavy atom. The van der Waals surface area contributed by atoms with E-state index in [2.05, 4.69) is 9.72 Å². The number of hydrogen-bond donors (Lipinski definition) is 0. The Labute approximate surface area is 118 Å². The predicted octanol–water partition coefficient (Wildman–Crippen LogP) is 2.86. The molecule has 0 saturated carbocycles. The molecule has 0 saturated heterocycles. The molecule has 0 aliphatic carbocycles. The van der Waals surface area contributed by atoms with Crippen LogP contribution < -0.4 is 4.74 Å². The number of aromatic nitrogens is 1. The van der Waals surface area contributed by atoms with Crippen LogP contribution in [0.1, 0.15) is 12.0 Å². The molecule has 2 aromatic rings. The first-order chi connectivity index (χ1) is 9.72. The first-order valence-electron chi connectivity index (χ1n) is 6.39. The van der Waals surface area contributed by atoms with Gasteiger partial charge in [0.2, 0.25) is 5.88 Å². The van der Waals surface area contributed by atoms with Crippen molar-refractivity contribution in [3.8, 4) is 17.0 Å². The fraction of sp³-hybridized carbons (Fsp3) is 0.250. The van der Waals surface area contributed by atoms with Crippen LogP contribution in [0.3, 0.4) is 0 Å². The minimum absolute atomic E-state index is 0.187. The minimum Gasteiger partial charge on any atom is -0.481 e. The average Bonchev–Trinajstić information content (AvgIpc) is 2.53. The Bertz CT molecular complexity index is 561. The van der Waals surface area contributed by atoms with E-state index in [0.717, 1.165) is 16.7 Å². The van der Waals surface area contributed by atoms with Crippen molar-refractivity contribution in [3.05, 3.63) is 48.2 Å². The van der Waals surface area contributed by atoms with Crippen molar-refractivity contribution >= 4 is 5.97 Å². The van der Waals surface area contributed by atoms with Gasteiger partial charge < -0.3 is 9.47 Å². The molecule has 0 atom stereocenters. The van der Waals surface area contributed by atoms with Crippen LogP contribution in [0.4, 0.5) is 0 Å². The molecular formula is C16H17NO3. The normalized spacial score (nSPS) is 10.1. The molecule has 0 bridgehead atoms. The number of aryl methyl sites for hydroxylation is 1. The average molecular weight is 271 g/mol. The number of carbonyl (C=O) groups excluding carboxylic acids is 1. The van der Waals surface area contributed by atoms with Crippen molar-refractivity contribution in [2.24, 2.45) is 0 Å². The van der Waals surface area contributed by atoms with Crippen molar-refractivity contribution in [2.45, 2.75) is 12.8 Å². The SMILES string of the molecule is COC(=O)CCc1ccc(-c2ccc(OC)nc2)cc1. The van der Waals surface area contributed by atoms with E-state index in [4.69, 9.17) is 4.74 Å². The van der Waals surface area contributed by atoms with E-state index in [0.29, 0.717) is 18.7 Å². The molecule has 4 nitrogen and oxygen atoms in total. The summed E-state index contributed by atoms with van der Waals surface area (Å²) >= 11 is 0. The Morgan fingerprint density at radius 1 is 1.05 bits per heavy atom. The summed E-state index contributed by atoms with van der Waals surface area (Å²) in [5, 5.41) is 0. The Hall–Kier alpha value is -2.36. The van der Waals surface area contributed by atoms with Gasteiger partial charge in [0.05, 0.1) is 14.2 Å². The second kappa shape index (κ2) is 6.70. The third-order valence-electron chi connectivity index (χ3n) is 3.08. The lowest BCUT2D eigenvalue weighted by Gasteiger charge is -2.05. The summed E-state index contributed by atoms with van der Waals surface area (Å²) in [5.41, 5.74) is 3.23. The molecule has 0 spiro atoms. The van der Waals surface area contributed by atoms with E-state index < -0.39 is 0 Å². The van der Waals surface area contributed by atoms with Crippen LogP contribution in [0.5, 0.6) is 5.88 Å². The predicted molar refractivity (Wildman–Crippen MR) is 76.6 cm³/mol. The zero-order valence-corrected chi connectivity index (χ0v) is 11.6. The van der Waals surface area contributed by atoms with Crippen LogP contribution in [0.15, 0.2) is 42.6 Å². The molecule has 4 heteroatoms. The number of ether oxygens (including phenoxy) is 2. The van der Waals surface area contributed by atoms with Crippen LogP contribution in [0.2, 0.25) is 0 Å². The van der Waals surface area contributed by atoms with Gasteiger partial charge in [-0.25, -0.2) is 4.98 Å². The fourth-order valence-electron chi connectivity index (χ4n) is 1.88. The number of esters is 1. The summed E-state index contributed by atoms with van der Waals surface area (Å²) in [7, 11) is 3.00. The summed E-state index contributed by atoms with van der Waals surface area (Å²) in [5.74, 6) is 0.414. The molecule has 2 rings (SSSR count). The van der Waals surface area contributed by atoms with Gasteiger partial charge in [0, 0.05) is 24.2 Å². The Balaban J connectivity index is 2.05. The monoisotopic (exact) mass is 271 g/mol. The zero-order chi connectivity index (χ0) is 14.4. The van der Waals surface area contributed by atoms with E-state index >= 15 is 0 Å². The molecule has 1 heterocycles. The standard InChI is InChI=1S/C16H17NO3/c1-19-15-9-8-14(11-17-15)13-6-3-12(4-7-13)5-10-16(18)20-2/h3-4,6-9,11H,5,10H2,1-2H3. The van der Waals surface area contributed by atoms with Crippen molar-refractivity contribution < 1.29 is 14.3 Å². The number of benzene rings is 1. The maximum Gasteiger partial charge on any atom is 0.305 e. The lowest BCUT2D eigenvalue weighted by molar-refractivity contribution is -0.140. The van der Waals surface area contributed by atoms with E-state index in [1.165, 1.54) is 7.11 Å². The van der Waals surface area contributed by atoms with Gasteiger partial charge in [0.15, 0.2) is 0 Å². The van der Waals surface area contributed by atoms with Gasteiger partial charge in [-0.15, -0.1) is 0 Å². The molecule has 0 radical (unpaired) electrons. The first-order valence-corrected chi connectivity index (χ1v) is 6.39. The third-order valence-corrected chi connectivity index (χ3v) is 3.08. The number of hydrogen-bond acceptors (Lipinski definition) is 4. The molecule has 0 amide bonds. The minimum atomic E-state index is -0.187. The second-order valence-corrected chi connectivity index (χ2v) is 4.36. The molecule has 0 aliphatic heterocycles. The third kappa shape index (κ3) is 3.57. The largest absolute Gasteiger partial charge is 0.481 e. The van der Waals surface area contributed by atoms with Crippen LogP contribution >= 0.6 is 0 Å². The van der Waals surface area contributed by atoms with E-state index in [9.17, 15) is 4.79 Å². The van der Waals surface area contributed by atoms with Crippen molar-refractivity contribution in [2.75, 3.05) is 14.2 Å². The van der Waals surface area contributed by atoms with E-state index in [1.54, 1.807) is 13.3 Å². The summed E-state index contributed by atoms with van der Waals surface area (Å²) in [6, 6.07) is 11.9. The zero-order valence-electron chi connectivity index (χ0n) is 11.6. The van der Waals surface area contributed by atoms with Gasteiger partial charge in [0.1, 0.15) is 0 Å². The van der Waals surface area contributed by atoms with Crippen LogP contribution in [-0.2, 0) is 16.0 Å². The molecule has 1 aromatic carbocycles. The topological polar surface area (TPSA) is 48.4 Å². The van der Waals surface area contributed by atoms with Gasteiger partial charge in [0.25, 0.3) is 0 Å². The van der Waals surface area contributed by atoms with Gasteiger partial charge in [-0.2, -0.15) is 0 Å². The van der Waals surface area contributed by atoms with Gasteiger partial charge >= 0.3 is 5.97 Å². The van der Waals surface area contributed by atoms with Crippen LogP contribution in [0.25, 0.3) is 11.1 Å². The highest BCUT2D eigenvalue weighted by molar-refractivity contribution is 5.69. The summed E-state index contributed by atoms with van der Waals surface area (Å²) in [4.78, 5) is 15.3. The molecule has 1 aromatic heterocycles. The van der Waals surface area contributed by atoms with Crippen LogP contribution in [0, 0.1) is 0 Å². The number of methoxy groups -OCH3 is 2. The molecule has 20 heavy (non-hydrogen) atoms. The Morgan fingerprint density at radius 2 is 1.75 bits per heavy atom. The fourth-order valence-corrected chi connectivity index (χ4v) is 1.88. The maximum atomic E-state index is 11.1. The number of nitrogens with zero attached hydrogens (tertiary/aromatic N) is 1. The summed E-state index contributed by atoms with van der Waals surface area (Å²) in [6.45, 7) is 0. The summed E-state index contributed by atoms with van der Waals surface area (Å²) in [6.07, 6.45) is 2.87. The van der Waals surface area contributed by atoms with Crippen molar-refractivity contribution in [3.63, 3.8) is 0 Å². The molecule has 0 unspecified atom stereocenters. The number of pyridine rings is 1. The molecular weight excluding hydrogens is 254 g/mol. The van der Waals surface area contributed by atoms with Crippen LogP contribution in [-0.4, -0.2) is 25.2 Å².